The Morgan fingerprint density at radius 1 is 0.967 bits per heavy atom. The molecule has 156 valence electrons. The van der Waals surface area contributed by atoms with Crippen molar-refractivity contribution >= 4 is 38.4 Å². The molecule has 0 saturated carbocycles. The summed E-state index contributed by atoms with van der Waals surface area (Å²) in [5.41, 5.74) is 0.745. The van der Waals surface area contributed by atoms with Crippen LogP contribution in [-0.4, -0.2) is 54.3 Å². The van der Waals surface area contributed by atoms with E-state index in [2.05, 4.69) is 0 Å². The molecule has 2 heterocycles. The van der Waals surface area contributed by atoms with Crippen LogP contribution in [0, 0.1) is 0 Å². The summed E-state index contributed by atoms with van der Waals surface area (Å²) in [5, 5.41) is 1.04. The van der Waals surface area contributed by atoms with Gasteiger partial charge in [0.05, 0.1) is 16.0 Å². The number of benzene rings is 2. The first-order chi connectivity index (χ1) is 14.3. The van der Waals surface area contributed by atoms with Gasteiger partial charge in [0, 0.05) is 49.7 Å². The van der Waals surface area contributed by atoms with E-state index in [4.69, 9.17) is 11.6 Å². The van der Waals surface area contributed by atoms with Crippen molar-refractivity contribution < 1.29 is 13.2 Å². The number of hydrogen-bond donors (Lipinski definition) is 0. The van der Waals surface area contributed by atoms with Crippen LogP contribution in [0.25, 0.3) is 10.9 Å². The Morgan fingerprint density at radius 3 is 2.37 bits per heavy atom. The minimum absolute atomic E-state index is 0.132. The second-order valence-corrected chi connectivity index (χ2v) is 9.50. The first kappa shape index (κ1) is 20.6. The third kappa shape index (κ3) is 3.62. The van der Waals surface area contributed by atoms with Crippen LogP contribution in [0.4, 0.5) is 0 Å². The van der Waals surface area contributed by atoms with Gasteiger partial charge in [0.2, 0.25) is 10.0 Å². The maximum absolute atomic E-state index is 13.1. The number of carbonyl (C=O) groups is 1. The number of amides is 1. The number of nitrogens with zero attached hydrogens (tertiary/aromatic N) is 3. The molecule has 0 spiro atoms. The zero-order valence-corrected chi connectivity index (χ0v) is 17.9. The van der Waals surface area contributed by atoms with E-state index in [1.807, 2.05) is 18.2 Å². The Labute approximate surface area is 179 Å². The predicted octanol–water partition coefficient (Wildman–Crippen LogP) is 2.34. The number of piperazine rings is 1. The van der Waals surface area contributed by atoms with Crippen molar-refractivity contribution in [2.45, 2.75) is 4.90 Å². The third-order valence-corrected chi connectivity index (χ3v) is 7.47. The van der Waals surface area contributed by atoms with Crippen LogP contribution in [0.2, 0.25) is 5.02 Å². The first-order valence-corrected chi connectivity index (χ1v) is 11.2. The van der Waals surface area contributed by atoms with E-state index < -0.39 is 10.0 Å². The van der Waals surface area contributed by atoms with Crippen LogP contribution in [0.1, 0.15) is 10.4 Å². The molecule has 30 heavy (non-hydrogen) atoms. The number of pyridine rings is 1. The summed E-state index contributed by atoms with van der Waals surface area (Å²) in [6.45, 7) is 0.817. The fourth-order valence-corrected chi connectivity index (χ4v) is 5.39. The molecule has 2 aromatic carbocycles. The van der Waals surface area contributed by atoms with E-state index in [0.29, 0.717) is 21.5 Å². The molecule has 0 atom stereocenters. The van der Waals surface area contributed by atoms with Gasteiger partial charge in [0.15, 0.2) is 0 Å². The van der Waals surface area contributed by atoms with E-state index >= 15 is 0 Å². The van der Waals surface area contributed by atoms with Crippen LogP contribution in [0.3, 0.4) is 0 Å². The number of carbonyl (C=O) groups excluding carboxylic acids is 1. The number of sulfonamides is 1. The predicted molar refractivity (Wildman–Crippen MR) is 115 cm³/mol. The maximum Gasteiger partial charge on any atom is 0.254 e. The van der Waals surface area contributed by atoms with Gasteiger partial charge < -0.3 is 9.47 Å². The largest absolute Gasteiger partial charge is 0.336 e. The Hall–Kier alpha value is -2.68. The topological polar surface area (TPSA) is 79.7 Å². The van der Waals surface area contributed by atoms with E-state index in [0.717, 1.165) is 0 Å². The third-order valence-electron chi connectivity index (χ3n) is 5.34. The summed E-state index contributed by atoms with van der Waals surface area (Å²) < 4.78 is 28.6. The van der Waals surface area contributed by atoms with Gasteiger partial charge in [-0.15, -0.1) is 0 Å². The van der Waals surface area contributed by atoms with Gasteiger partial charge in [-0.2, -0.15) is 4.31 Å². The fourth-order valence-electron chi connectivity index (χ4n) is 3.67. The summed E-state index contributed by atoms with van der Waals surface area (Å²) in [6.07, 6.45) is 0. The Bertz CT molecular complexity index is 1300. The summed E-state index contributed by atoms with van der Waals surface area (Å²) >= 11 is 5.93. The van der Waals surface area contributed by atoms with Crippen molar-refractivity contribution in [3.05, 3.63) is 75.5 Å². The van der Waals surface area contributed by atoms with E-state index in [1.165, 1.54) is 27.1 Å². The standard InChI is InChI=1S/C21H20ClN3O4S/c1-23-19-8-3-2-7-17(19)18(14-20(23)26)21(27)24-9-11-25(12-10-24)30(28,29)16-6-4-5-15(22)13-16/h2-8,13-14H,9-12H2,1H3. The lowest BCUT2D eigenvalue weighted by Gasteiger charge is -2.34. The van der Waals surface area contributed by atoms with Gasteiger partial charge in [-0.25, -0.2) is 8.42 Å². The van der Waals surface area contributed by atoms with Gasteiger partial charge in [0.1, 0.15) is 0 Å². The fraction of sp³-hybridized carbons (Fsp3) is 0.238. The normalized spacial score (nSPS) is 15.5. The van der Waals surface area contributed by atoms with Crippen molar-refractivity contribution in [2.24, 2.45) is 7.05 Å². The van der Waals surface area contributed by atoms with Crippen molar-refractivity contribution in [1.82, 2.24) is 13.8 Å². The summed E-state index contributed by atoms with van der Waals surface area (Å²) in [7, 11) is -2.02. The minimum Gasteiger partial charge on any atom is -0.336 e. The molecule has 1 aliphatic heterocycles. The van der Waals surface area contributed by atoms with Gasteiger partial charge in [-0.1, -0.05) is 35.9 Å². The molecule has 0 radical (unpaired) electrons. The molecule has 0 N–H and O–H groups in total. The molecule has 9 heteroatoms. The first-order valence-electron chi connectivity index (χ1n) is 9.43. The number of halogens is 1. The molecule has 3 aromatic rings. The van der Waals surface area contributed by atoms with Crippen LogP contribution in [0.15, 0.2) is 64.3 Å². The summed E-state index contributed by atoms with van der Waals surface area (Å²) in [6, 6.07) is 14.7. The summed E-state index contributed by atoms with van der Waals surface area (Å²) in [4.78, 5) is 27.2. The average molecular weight is 446 g/mol. The molecule has 0 aliphatic carbocycles. The highest BCUT2D eigenvalue weighted by Gasteiger charge is 2.31. The number of para-hydroxylation sites is 1. The molecule has 1 amide bonds. The quantitative estimate of drug-likeness (QED) is 0.619. The zero-order chi connectivity index (χ0) is 21.5. The van der Waals surface area contributed by atoms with Gasteiger partial charge in [-0.05, 0) is 24.3 Å². The van der Waals surface area contributed by atoms with Crippen molar-refractivity contribution in [1.29, 1.82) is 0 Å². The van der Waals surface area contributed by atoms with Crippen LogP contribution < -0.4 is 5.56 Å². The molecule has 4 rings (SSSR count). The highest BCUT2D eigenvalue weighted by atomic mass is 35.5. The molecule has 0 bridgehead atoms. The molecule has 7 nitrogen and oxygen atoms in total. The zero-order valence-electron chi connectivity index (χ0n) is 16.3. The van der Waals surface area contributed by atoms with Crippen LogP contribution >= 0.6 is 11.6 Å². The highest BCUT2D eigenvalue weighted by molar-refractivity contribution is 7.89. The number of hydrogen-bond acceptors (Lipinski definition) is 4. The van der Waals surface area contributed by atoms with Gasteiger partial charge in [0.25, 0.3) is 11.5 Å². The highest BCUT2D eigenvalue weighted by Crippen LogP contribution is 2.23. The van der Waals surface area contributed by atoms with Crippen LogP contribution in [-0.2, 0) is 17.1 Å². The second kappa shape index (κ2) is 7.86. The number of fused-ring (bicyclic) bond motifs is 1. The lowest BCUT2D eigenvalue weighted by atomic mass is 10.1. The number of aryl methyl sites for hydroxylation is 1. The van der Waals surface area contributed by atoms with Crippen LogP contribution in [0.5, 0.6) is 0 Å². The van der Waals surface area contributed by atoms with Gasteiger partial charge >= 0.3 is 0 Å². The van der Waals surface area contributed by atoms with Crippen molar-refractivity contribution in [3.63, 3.8) is 0 Å². The SMILES string of the molecule is Cn1c(=O)cc(C(=O)N2CCN(S(=O)(=O)c3cccc(Cl)c3)CC2)c2ccccc21. The Morgan fingerprint density at radius 2 is 1.67 bits per heavy atom. The molecular formula is C21H20ClN3O4S. The number of aromatic nitrogens is 1. The molecule has 0 unspecified atom stereocenters. The Kier molecular flexibility index (Phi) is 5.40. The van der Waals surface area contributed by atoms with Crippen molar-refractivity contribution in [3.8, 4) is 0 Å². The lowest BCUT2D eigenvalue weighted by Crippen LogP contribution is -2.50. The van der Waals surface area contributed by atoms with E-state index in [-0.39, 0.29) is 42.5 Å². The summed E-state index contributed by atoms with van der Waals surface area (Å²) in [5.74, 6) is -0.274. The average Bonchev–Trinajstić information content (AvgIpc) is 2.76. The van der Waals surface area contributed by atoms with E-state index in [1.54, 1.807) is 30.1 Å². The molecular weight excluding hydrogens is 426 g/mol. The molecule has 1 saturated heterocycles. The Balaban J connectivity index is 1.57. The van der Waals surface area contributed by atoms with E-state index in [9.17, 15) is 18.0 Å². The smallest absolute Gasteiger partial charge is 0.254 e. The number of rotatable bonds is 3. The van der Waals surface area contributed by atoms with Gasteiger partial charge in [-0.3, -0.25) is 9.59 Å². The maximum atomic E-state index is 13.1. The lowest BCUT2D eigenvalue weighted by molar-refractivity contribution is 0.0699. The van der Waals surface area contributed by atoms with Crippen molar-refractivity contribution in [2.75, 3.05) is 26.2 Å². The monoisotopic (exact) mass is 445 g/mol. The molecule has 1 aromatic heterocycles. The second-order valence-electron chi connectivity index (χ2n) is 7.13. The molecule has 1 aliphatic rings. The minimum atomic E-state index is -3.69. The molecule has 1 fully saturated rings.